The van der Waals surface area contributed by atoms with Gasteiger partial charge in [0.1, 0.15) is 0 Å². The van der Waals surface area contributed by atoms with Crippen molar-refractivity contribution in [3.05, 3.63) is 12.2 Å². The molecule has 0 saturated heterocycles. The standard InChI is InChI=1S/C11H19NO/c1-3-4-10-5-7-11(8-6-10)12-9(2)13/h3-4,10-11H,5-8H2,1-2H3,(H,12,13)/b4-3-. The summed E-state index contributed by atoms with van der Waals surface area (Å²) < 4.78 is 0. The number of hydrogen-bond donors (Lipinski definition) is 1. The summed E-state index contributed by atoms with van der Waals surface area (Å²) in [6.45, 7) is 3.66. The van der Waals surface area contributed by atoms with Crippen LogP contribution in [-0.2, 0) is 4.79 Å². The Bertz CT molecular complexity index is 190. The summed E-state index contributed by atoms with van der Waals surface area (Å²) in [6, 6.07) is 0.430. The van der Waals surface area contributed by atoms with Gasteiger partial charge in [0.15, 0.2) is 0 Å². The highest BCUT2D eigenvalue weighted by Gasteiger charge is 2.19. The first-order valence-electron chi connectivity index (χ1n) is 5.12. The lowest BCUT2D eigenvalue weighted by Gasteiger charge is -2.26. The molecular weight excluding hydrogens is 162 g/mol. The number of rotatable bonds is 2. The van der Waals surface area contributed by atoms with Gasteiger partial charge in [-0.15, -0.1) is 0 Å². The van der Waals surface area contributed by atoms with Crippen molar-refractivity contribution < 1.29 is 4.79 Å². The Morgan fingerprint density at radius 1 is 1.31 bits per heavy atom. The Morgan fingerprint density at radius 3 is 2.38 bits per heavy atom. The molecular formula is C11H19NO. The third-order valence-electron chi connectivity index (χ3n) is 2.64. The van der Waals surface area contributed by atoms with Gasteiger partial charge < -0.3 is 5.32 Å². The van der Waals surface area contributed by atoms with Gasteiger partial charge in [0.25, 0.3) is 0 Å². The van der Waals surface area contributed by atoms with Gasteiger partial charge in [0, 0.05) is 13.0 Å². The van der Waals surface area contributed by atoms with Crippen LogP contribution in [0.25, 0.3) is 0 Å². The van der Waals surface area contributed by atoms with Crippen LogP contribution in [0.15, 0.2) is 12.2 Å². The minimum Gasteiger partial charge on any atom is -0.354 e. The quantitative estimate of drug-likeness (QED) is 0.650. The lowest BCUT2D eigenvalue weighted by molar-refractivity contribution is -0.119. The molecule has 1 rings (SSSR count). The molecule has 13 heavy (non-hydrogen) atoms. The molecule has 1 amide bonds. The zero-order valence-corrected chi connectivity index (χ0v) is 8.55. The molecule has 2 nitrogen and oxygen atoms in total. The number of carbonyl (C=O) groups excluding carboxylic acids is 1. The maximum Gasteiger partial charge on any atom is 0.217 e. The van der Waals surface area contributed by atoms with E-state index in [-0.39, 0.29) is 5.91 Å². The van der Waals surface area contributed by atoms with Crippen molar-refractivity contribution >= 4 is 5.91 Å². The van der Waals surface area contributed by atoms with Crippen molar-refractivity contribution in [2.75, 3.05) is 0 Å². The van der Waals surface area contributed by atoms with Crippen molar-refractivity contribution in [1.29, 1.82) is 0 Å². The van der Waals surface area contributed by atoms with Gasteiger partial charge in [-0.25, -0.2) is 0 Å². The Kier molecular flexibility index (Phi) is 4.00. The van der Waals surface area contributed by atoms with Crippen molar-refractivity contribution in [2.24, 2.45) is 5.92 Å². The monoisotopic (exact) mass is 181 g/mol. The Hall–Kier alpha value is -0.790. The number of nitrogens with one attached hydrogen (secondary N) is 1. The third-order valence-corrected chi connectivity index (χ3v) is 2.64. The maximum atomic E-state index is 10.8. The van der Waals surface area contributed by atoms with Gasteiger partial charge in [-0.1, -0.05) is 12.2 Å². The summed E-state index contributed by atoms with van der Waals surface area (Å²) >= 11 is 0. The van der Waals surface area contributed by atoms with Gasteiger partial charge in [0.2, 0.25) is 5.91 Å². The Labute approximate surface area is 80.4 Å². The largest absolute Gasteiger partial charge is 0.354 e. The lowest BCUT2D eigenvalue weighted by atomic mass is 9.86. The first kappa shape index (κ1) is 10.3. The summed E-state index contributed by atoms with van der Waals surface area (Å²) in [5, 5.41) is 2.98. The van der Waals surface area contributed by atoms with E-state index in [0.29, 0.717) is 6.04 Å². The highest BCUT2D eigenvalue weighted by Crippen LogP contribution is 2.25. The van der Waals surface area contributed by atoms with Crippen molar-refractivity contribution in [3.8, 4) is 0 Å². The van der Waals surface area contributed by atoms with Crippen LogP contribution in [0, 0.1) is 5.92 Å². The summed E-state index contributed by atoms with van der Waals surface area (Å²) in [6.07, 6.45) is 9.11. The van der Waals surface area contributed by atoms with E-state index in [2.05, 4.69) is 24.4 Å². The van der Waals surface area contributed by atoms with Crippen LogP contribution in [0.3, 0.4) is 0 Å². The molecule has 1 fully saturated rings. The number of hydrogen-bond acceptors (Lipinski definition) is 1. The summed E-state index contributed by atoms with van der Waals surface area (Å²) in [7, 11) is 0. The molecule has 0 aromatic carbocycles. The molecule has 0 bridgehead atoms. The van der Waals surface area contributed by atoms with Gasteiger partial charge in [-0.3, -0.25) is 4.79 Å². The molecule has 1 N–H and O–H groups in total. The van der Waals surface area contributed by atoms with E-state index in [1.54, 1.807) is 6.92 Å². The fraction of sp³-hybridized carbons (Fsp3) is 0.727. The molecule has 0 aliphatic heterocycles. The van der Waals surface area contributed by atoms with E-state index in [1.807, 2.05) is 0 Å². The van der Waals surface area contributed by atoms with E-state index in [4.69, 9.17) is 0 Å². The molecule has 0 aromatic heterocycles. The second kappa shape index (κ2) is 5.05. The zero-order chi connectivity index (χ0) is 9.68. The minimum absolute atomic E-state index is 0.106. The molecule has 0 unspecified atom stereocenters. The van der Waals surface area contributed by atoms with Crippen molar-refractivity contribution in [3.63, 3.8) is 0 Å². The molecule has 2 heteroatoms. The summed E-state index contributed by atoms with van der Waals surface area (Å²) in [4.78, 5) is 10.8. The lowest BCUT2D eigenvalue weighted by Crippen LogP contribution is -2.35. The van der Waals surface area contributed by atoms with Crippen LogP contribution in [0.4, 0.5) is 0 Å². The van der Waals surface area contributed by atoms with E-state index in [0.717, 1.165) is 18.8 Å². The molecule has 0 heterocycles. The molecule has 1 aliphatic carbocycles. The van der Waals surface area contributed by atoms with Gasteiger partial charge >= 0.3 is 0 Å². The maximum absolute atomic E-state index is 10.8. The van der Waals surface area contributed by atoms with E-state index < -0.39 is 0 Å². The molecule has 0 spiro atoms. The molecule has 1 saturated carbocycles. The first-order valence-corrected chi connectivity index (χ1v) is 5.12. The fourth-order valence-corrected chi connectivity index (χ4v) is 2.02. The molecule has 0 radical (unpaired) electrons. The zero-order valence-electron chi connectivity index (χ0n) is 8.55. The predicted molar refractivity (Wildman–Crippen MR) is 54.4 cm³/mol. The highest BCUT2D eigenvalue weighted by molar-refractivity contribution is 5.73. The predicted octanol–water partition coefficient (Wildman–Crippen LogP) is 2.26. The van der Waals surface area contributed by atoms with Crippen LogP contribution < -0.4 is 5.32 Å². The molecule has 0 aromatic rings. The van der Waals surface area contributed by atoms with Gasteiger partial charge in [-0.2, -0.15) is 0 Å². The average molecular weight is 181 g/mol. The second-order valence-corrected chi connectivity index (χ2v) is 3.84. The summed E-state index contributed by atoms with van der Waals surface area (Å²) in [5.74, 6) is 0.851. The minimum atomic E-state index is 0.106. The summed E-state index contributed by atoms with van der Waals surface area (Å²) in [5.41, 5.74) is 0. The Balaban J connectivity index is 2.26. The molecule has 74 valence electrons. The smallest absolute Gasteiger partial charge is 0.217 e. The highest BCUT2D eigenvalue weighted by atomic mass is 16.1. The van der Waals surface area contributed by atoms with E-state index in [1.165, 1.54) is 12.8 Å². The SMILES string of the molecule is C/C=C\C1CCC(NC(C)=O)CC1. The van der Waals surface area contributed by atoms with Gasteiger partial charge in [-0.05, 0) is 38.5 Å². The van der Waals surface area contributed by atoms with Crippen LogP contribution in [-0.4, -0.2) is 11.9 Å². The third kappa shape index (κ3) is 3.62. The second-order valence-electron chi connectivity index (χ2n) is 3.84. The van der Waals surface area contributed by atoms with E-state index in [9.17, 15) is 4.79 Å². The van der Waals surface area contributed by atoms with Crippen LogP contribution in [0.1, 0.15) is 39.5 Å². The van der Waals surface area contributed by atoms with Crippen molar-refractivity contribution in [2.45, 2.75) is 45.6 Å². The topological polar surface area (TPSA) is 29.1 Å². The van der Waals surface area contributed by atoms with Crippen LogP contribution >= 0.6 is 0 Å². The average Bonchev–Trinajstić information content (AvgIpc) is 2.08. The normalized spacial score (nSPS) is 29.1. The van der Waals surface area contributed by atoms with E-state index >= 15 is 0 Å². The Morgan fingerprint density at radius 2 is 1.92 bits per heavy atom. The number of allylic oxidation sites excluding steroid dienone is 2. The number of amides is 1. The fourth-order valence-electron chi connectivity index (χ4n) is 2.02. The first-order chi connectivity index (χ1) is 6.22. The molecule has 1 aliphatic rings. The molecule has 0 atom stereocenters. The van der Waals surface area contributed by atoms with Crippen molar-refractivity contribution in [1.82, 2.24) is 5.32 Å². The number of carbonyl (C=O) groups is 1. The van der Waals surface area contributed by atoms with Crippen LogP contribution in [0.2, 0.25) is 0 Å². The van der Waals surface area contributed by atoms with Crippen LogP contribution in [0.5, 0.6) is 0 Å². The van der Waals surface area contributed by atoms with Gasteiger partial charge in [0.05, 0.1) is 0 Å².